The van der Waals surface area contributed by atoms with Crippen molar-refractivity contribution in [3.8, 4) is 11.1 Å². The SMILES string of the molecule is CC1CN(C(=O)CC(NC(=O)OCC2c3ccccc3-c3ccccc32)C2CCC2)CC1C(=O)O. The Kier molecular flexibility index (Phi) is 6.50. The number of rotatable bonds is 7. The predicted octanol–water partition coefficient (Wildman–Crippen LogP) is 4.26. The van der Waals surface area contributed by atoms with Crippen LogP contribution in [-0.4, -0.2) is 53.7 Å². The molecule has 0 aromatic heterocycles. The highest BCUT2D eigenvalue weighted by atomic mass is 16.5. The quantitative estimate of drug-likeness (QED) is 0.622. The van der Waals surface area contributed by atoms with Crippen molar-refractivity contribution in [3.05, 3.63) is 59.7 Å². The molecule has 35 heavy (non-hydrogen) atoms. The van der Waals surface area contributed by atoms with E-state index in [2.05, 4.69) is 29.6 Å². The van der Waals surface area contributed by atoms with Crippen molar-refractivity contribution in [2.24, 2.45) is 17.8 Å². The number of nitrogens with zero attached hydrogens (tertiary/aromatic N) is 1. The second kappa shape index (κ2) is 9.72. The van der Waals surface area contributed by atoms with Gasteiger partial charge in [-0.1, -0.05) is 61.9 Å². The molecule has 0 spiro atoms. The first kappa shape index (κ1) is 23.4. The Morgan fingerprint density at radius 3 is 2.20 bits per heavy atom. The zero-order valence-electron chi connectivity index (χ0n) is 20.0. The first-order chi connectivity index (χ1) is 16.9. The Bertz CT molecular complexity index is 1080. The molecule has 1 aliphatic heterocycles. The number of fused-ring (bicyclic) bond motifs is 3. The van der Waals surface area contributed by atoms with Crippen LogP contribution in [0.1, 0.15) is 49.7 Å². The number of carbonyl (C=O) groups excluding carboxylic acids is 2. The van der Waals surface area contributed by atoms with Crippen LogP contribution in [0.4, 0.5) is 4.79 Å². The van der Waals surface area contributed by atoms with Gasteiger partial charge in [-0.2, -0.15) is 0 Å². The molecule has 2 amide bonds. The molecule has 3 aliphatic rings. The standard InChI is InChI=1S/C28H32N2O5/c1-17-14-30(15-23(17)27(32)33)26(31)13-25(18-7-6-8-18)29-28(34)35-16-24-21-11-4-2-9-19(21)20-10-3-5-12-22(20)24/h2-5,9-12,17-18,23-25H,6-8,13-16H2,1H3,(H,29,34)(H,32,33). The van der Waals surface area contributed by atoms with Crippen LogP contribution in [0, 0.1) is 17.8 Å². The molecule has 2 aromatic carbocycles. The average molecular weight is 477 g/mol. The number of carboxylic acid groups (broad SMARTS) is 1. The van der Waals surface area contributed by atoms with E-state index < -0.39 is 18.0 Å². The fraction of sp³-hybridized carbons (Fsp3) is 0.464. The fourth-order valence-corrected chi connectivity index (χ4v) is 5.78. The molecule has 7 nitrogen and oxygen atoms in total. The van der Waals surface area contributed by atoms with Gasteiger partial charge in [0.05, 0.1) is 5.92 Å². The minimum absolute atomic E-state index is 0.0176. The maximum Gasteiger partial charge on any atom is 0.407 e. The largest absolute Gasteiger partial charge is 0.481 e. The highest BCUT2D eigenvalue weighted by molar-refractivity contribution is 5.81. The molecule has 2 aromatic rings. The van der Waals surface area contributed by atoms with Crippen LogP contribution < -0.4 is 5.32 Å². The van der Waals surface area contributed by atoms with Crippen LogP contribution in [-0.2, 0) is 14.3 Å². The van der Waals surface area contributed by atoms with Gasteiger partial charge >= 0.3 is 12.1 Å². The Balaban J connectivity index is 1.21. The zero-order valence-corrected chi connectivity index (χ0v) is 20.0. The summed E-state index contributed by atoms with van der Waals surface area (Å²) in [6, 6.07) is 16.1. The number of hydrogen-bond donors (Lipinski definition) is 2. The van der Waals surface area contributed by atoms with Gasteiger partial charge in [-0.15, -0.1) is 0 Å². The first-order valence-corrected chi connectivity index (χ1v) is 12.5. The van der Waals surface area contributed by atoms with Crippen LogP contribution >= 0.6 is 0 Å². The van der Waals surface area contributed by atoms with Crippen LogP contribution in [0.3, 0.4) is 0 Å². The Hall–Kier alpha value is -3.35. The van der Waals surface area contributed by atoms with Gasteiger partial charge in [0, 0.05) is 31.5 Å². The van der Waals surface area contributed by atoms with E-state index in [0.717, 1.165) is 30.4 Å². The number of amides is 2. The molecule has 0 radical (unpaired) electrons. The summed E-state index contributed by atoms with van der Waals surface area (Å²) in [5.41, 5.74) is 4.66. The summed E-state index contributed by atoms with van der Waals surface area (Å²) in [5.74, 6) is -1.34. The normalized spacial score (nSPS) is 22.1. The van der Waals surface area contributed by atoms with E-state index in [1.165, 1.54) is 11.1 Å². The Morgan fingerprint density at radius 2 is 1.66 bits per heavy atom. The number of carbonyl (C=O) groups is 3. The molecular weight excluding hydrogens is 444 g/mol. The van der Waals surface area contributed by atoms with E-state index in [1.54, 1.807) is 4.90 Å². The van der Waals surface area contributed by atoms with E-state index in [0.29, 0.717) is 6.54 Å². The molecule has 1 saturated carbocycles. The predicted molar refractivity (Wildman–Crippen MR) is 131 cm³/mol. The van der Waals surface area contributed by atoms with E-state index in [9.17, 15) is 19.5 Å². The third kappa shape index (κ3) is 4.64. The van der Waals surface area contributed by atoms with Gasteiger partial charge in [0.25, 0.3) is 0 Å². The summed E-state index contributed by atoms with van der Waals surface area (Å²) in [6.07, 6.45) is 2.69. The lowest BCUT2D eigenvalue weighted by Gasteiger charge is -2.34. The monoisotopic (exact) mass is 476 g/mol. The molecule has 5 rings (SSSR count). The molecule has 7 heteroatoms. The lowest BCUT2D eigenvalue weighted by atomic mass is 9.78. The molecule has 2 aliphatic carbocycles. The number of likely N-dealkylation sites (tertiary alicyclic amines) is 1. The van der Waals surface area contributed by atoms with Crippen molar-refractivity contribution >= 4 is 18.0 Å². The minimum Gasteiger partial charge on any atom is -0.481 e. The topological polar surface area (TPSA) is 95.9 Å². The number of alkyl carbamates (subject to hydrolysis) is 1. The molecule has 1 heterocycles. The third-order valence-electron chi connectivity index (χ3n) is 8.04. The summed E-state index contributed by atoms with van der Waals surface area (Å²) in [6.45, 7) is 2.77. The number of benzene rings is 2. The Morgan fingerprint density at radius 1 is 1.03 bits per heavy atom. The summed E-state index contributed by atoms with van der Waals surface area (Å²) < 4.78 is 5.71. The van der Waals surface area contributed by atoms with Gasteiger partial charge in [-0.05, 0) is 46.9 Å². The maximum atomic E-state index is 13.0. The van der Waals surface area contributed by atoms with Gasteiger partial charge in [-0.3, -0.25) is 9.59 Å². The van der Waals surface area contributed by atoms with Gasteiger partial charge in [-0.25, -0.2) is 4.79 Å². The molecule has 1 saturated heterocycles. The molecule has 0 bridgehead atoms. The molecule has 2 fully saturated rings. The lowest BCUT2D eigenvalue weighted by Crippen LogP contribution is -2.46. The summed E-state index contributed by atoms with van der Waals surface area (Å²) >= 11 is 0. The smallest absolute Gasteiger partial charge is 0.407 e. The van der Waals surface area contributed by atoms with Gasteiger partial charge in [0.1, 0.15) is 6.61 Å². The Labute approximate surface area is 205 Å². The lowest BCUT2D eigenvalue weighted by molar-refractivity contribution is -0.142. The van der Waals surface area contributed by atoms with Crippen LogP contribution in [0.5, 0.6) is 0 Å². The molecule has 3 atom stereocenters. The van der Waals surface area contributed by atoms with Crippen molar-refractivity contribution in [2.75, 3.05) is 19.7 Å². The average Bonchev–Trinajstić information content (AvgIpc) is 3.35. The second-order valence-corrected chi connectivity index (χ2v) is 10.2. The van der Waals surface area contributed by atoms with Gasteiger partial charge in [0.15, 0.2) is 0 Å². The minimum atomic E-state index is -0.861. The van der Waals surface area contributed by atoms with Crippen molar-refractivity contribution in [3.63, 3.8) is 0 Å². The fourth-order valence-electron chi connectivity index (χ4n) is 5.78. The molecule has 2 N–H and O–H groups in total. The van der Waals surface area contributed by atoms with Gasteiger partial charge in [0.2, 0.25) is 5.91 Å². The number of carboxylic acids is 1. The van der Waals surface area contributed by atoms with Gasteiger partial charge < -0.3 is 20.1 Å². The van der Waals surface area contributed by atoms with E-state index in [4.69, 9.17) is 4.74 Å². The van der Waals surface area contributed by atoms with Crippen LogP contribution in [0.2, 0.25) is 0 Å². The highest BCUT2D eigenvalue weighted by Crippen LogP contribution is 2.44. The summed E-state index contributed by atoms with van der Waals surface area (Å²) in [7, 11) is 0. The summed E-state index contributed by atoms with van der Waals surface area (Å²) in [5, 5.41) is 12.3. The first-order valence-electron chi connectivity index (χ1n) is 12.5. The maximum absolute atomic E-state index is 13.0. The number of nitrogens with one attached hydrogen (secondary N) is 1. The summed E-state index contributed by atoms with van der Waals surface area (Å²) in [4.78, 5) is 38.9. The zero-order chi connectivity index (χ0) is 24.5. The van der Waals surface area contributed by atoms with Crippen molar-refractivity contribution in [1.82, 2.24) is 10.2 Å². The third-order valence-corrected chi connectivity index (χ3v) is 8.04. The highest BCUT2D eigenvalue weighted by Gasteiger charge is 2.39. The van der Waals surface area contributed by atoms with Crippen molar-refractivity contribution < 1.29 is 24.2 Å². The van der Waals surface area contributed by atoms with Crippen molar-refractivity contribution in [1.29, 1.82) is 0 Å². The van der Waals surface area contributed by atoms with Crippen LogP contribution in [0.25, 0.3) is 11.1 Å². The molecular formula is C28H32N2O5. The van der Waals surface area contributed by atoms with Crippen LogP contribution in [0.15, 0.2) is 48.5 Å². The van der Waals surface area contributed by atoms with E-state index in [-0.39, 0.29) is 49.3 Å². The molecule has 184 valence electrons. The number of hydrogen-bond acceptors (Lipinski definition) is 4. The second-order valence-electron chi connectivity index (χ2n) is 10.2. The number of aliphatic carboxylic acids is 1. The van der Waals surface area contributed by atoms with Crippen molar-refractivity contribution in [2.45, 2.75) is 44.6 Å². The molecule has 3 unspecified atom stereocenters. The van der Waals surface area contributed by atoms with E-state index >= 15 is 0 Å². The van der Waals surface area contributed by atoms with E-state index in [1.807, 2.05) is 31.2 Å². The number of ether oxygens (including phenoxy) is 1.